The number of Topliss-reactive ketones (excluding diaryl/α,β-unsaturated/α-hetero) is 1. The summed E-state index contributed by atoms with van der Waals surface area (Å²) < 4.78 is 0. The Balaban J connectivity index is 2.58. The molecule has 3 heteroatoms. The molecule has 1 heterocycles. The maximum Gasteiger partial charge on any atom is 0.152 e. The lowest BCUT2D eigenvalue weighted by Crippen LogP contribution is -2.43. The summed E-state index contributed by atoms with van der Waals surface area (Å²) in [5.74, 6) is 0.271. The molecule has 0 aromatic heterocycles. The van der Waals surface area contributed by atoms with Crippen LogP contribution in [0.4, 0.5) is 0 Å². The lowest BCUT2D eigenvalue weighted by atomic mass is 9.90. The van der Waals surface area contributed by atoms with Gasteiger partial charge in [-0.2, -0.15) is 0 Å². The molecule has 1 saturated heterocycles. The summed E-state index contributed by atoms with van der Waals surface area (Å²) in [5.41, 5.74) is -0.272. The second-order valence-corrected chi connectivity index (χ2v) is 5.83. The van der Waals surface area contributed by atoms with Gasteiger partial charge in [0.1, 0.15) is 0 Å². The molecule has 1 fully saturated rings. The Bertz CT molecular complexity index is 233. The highest BCUT2D eigenvalue weighted by Crippen LogP contribution is 2.20. The number of rotatable bonds is 3. The van der Waals surface area contributed by atoms with Gasteiger partial charge in [-0.3, -0.25) is 9.69 Å². The van der Waals surface area contributed by atoms with Crippen LogP contribution in [0.2, 0.25) is 0 Å². The van der Waals surface area contributed by atoms with Crippen LogP contribution in [0.25, 0.3) is 0 Å². The third kappa shape index (κ3) is 3.87. The Kier molecular flexibility index (Phi) is 4.93. The first-order valence-corrected chi connectivity index (χ1v) is 6.33. The predicted octanol–water partition coefficient (Wildman–Crippen LogP) is 1.84. The number of nitrogens with zero attached hydrogens (tertiary/aromatic N) is 1. The molecule has 3 nitrogen and oxygen atoms in total. The summed E-state index contributed by atoms with van der Waals surface area (Å²) >= 11 is 0. The zero-order valence-electron chi connectivity index (χ0n) is 10.8. The topological polar surface area (TPSA) is 40.5 Å². The highest BCUT2D eigenvalue weighted by atomic mass is 16.3. The van der Waals surface area contributed by atoms with Crippen molar-refractivity contribution in [2.24, 2.45) is 5.41 Å². The van der Waals surface area contributed by atoms with Crippen LogP contribution < -0.4 is 0 Å². The largest absolute Gasteiger partial charge is 0.395 e. The molecular formula is C13H25NO2. The van der Waals surface area contributed by atoms with Crippen LogP contribution in [0.3, 0.4) is 0 Å². The Morgan fingerprint density at radius 2 is 2.00 bits per heavy atom. The first-order valence-electron chi connectivity index (χ1n) is 6.33. The van der Waals surface area contributed by atoms with Gasteiger partial charge in [0.2, 0.25) is 0 Å². The fourth-order valence-electron chi connectivity index (χ4n) is 2.07. The van der Waals surface area contributed by atoms with Gasteiger partial charge < -0.3 is 5.11 Å². The number of carbonyl (C=O) groups is 1. The molecule has 94 valence electrons. The average Bonchev–Trinajstić information content (AvgIpc) is 2.41. The molecule has 0 spiro atoms. The summed E-state index contributed by atoms with van der Waals surface area (Å²) in [5, 5.41) is 9.35. The molecule has 0 radical (unpaired) electrons. The number of carbonyl (C=O) groups excluding carboxylic acids is 1. The molecule has 1 aliphatic rings. The standard InChI is InChI=1S/C13H25NO2/c1-13(2,3)12(16)9-14-8-6-4-5-7-11(14)10-15/h11,15H,4-10H2,1-3H3. The van der Waals surface area contributed by atoms with Crippen LogP contribution in [-0.2, 0) is 4.79 Å². The van der Waals surface area contributed by atoms with Gasteiger partial charge in [0.15, 0.2) is 5.78 Å². The molecule has 0 bridgehead atoms. The second-order valence-electron chi connectivity index (χ2n) is 5.83. The van der Waals surface area contributed by atoms with Crippen LogP contribution in [-0.4, -0.2) is 41.5 Å². The molecule has 1 atom stereocenters. The molecule has 16 heavy (non-hydrogen) atoms. The summed E-state index contributed by atoms with van der Waals surface area (Å²) in [6.45, 7) is 7.50. The van der Waals surface area contributed by atoms with Gasteiger partial charge in [0.05, 0.1) is 13.2 Å². The summed E-state index contributed by atoms with van der Waals surface area (Å²) in [6, 6.07) is 0.189. The van der Waals surface area contributed by atoms with Crippen molar-refractivity contribution in [3.05, 3.63) is 0 Å². The van der Waals surface area contributed by atoms with Crippen molar-refractivity contribution in [1.29, 1.82) is 0 Å². The monoisotopic (exact) mass is 227 g/mol. The van der Waals surface area contributed by atoms with E-state index in [-0.39, 0.29) is 23.8 Å². The van der Waals surface area contributed by atoms with Crippen molar-refractivity contribution < 1.29 is 9.90 Å². The van der Waals surface area contributed by atoms with Gasteiger partial charge in [0, 0.05) is 11.5 Å². The molecule has 0 amide bonds. The summed E-state index contributed by atoms with van der Waals surface area (Å²) in [6.07, 6.45) is 4.56. The smallest absolute Gasteiger partial charge is 0.152 e. The predicted molar refractivity (Wildman–Crippen MR) is 65.4 cm³/mol. The van der Waals surface area contributed by atoms with Crippen LogP contribution in [0.5, 0.6) is 0 Å². The lowest BCUT2D eigenvalue weighted by molar-refractivity contribution is -0.128. The van der Waals surface area contributed by atoms with E-state index in [4.69, 9.17) is 0 Å². The molecular weight excluding hydrogens is 202 g/mol. The molecule has 1 unspecified atom stereocenters. The van der Waals surface area contributed by atoms with Crippen LogP contribution in [0.1, 0.15) is 46.5 Å². The minimum Gasteiger partial charge on any atom is -0.395 e. The van der Waals surface area contributed by atoms with Crippen molar-refractivity contribution in [2.45, 2.75) is 52.5 Å². The Morgan fingerprint density at radius 1 is 1.31 bits per heavy atom. The van der Waals surface area contributed by atoms with Crippen molar-refractivity contribution in [2.75, 3.05) is 19.7 Å². The Labute approximate surface area is 98.8 Å². The highest BCUT2D eigenvalue weighted by molar-refractivity contribution is 5.85. The summed E-state index contributed by atoms with van der Waals surface area (Å²) in [4.78, 5) is 14.2. The van der Waals surface area contributed by atoms with Crippen LogP contribution in [0.15, 0.2) is 0 Å². The molecule has 0 aliphatic carbocycles. The highest BCUT2D eigenvalue weighted by Gasteiger charge is 2.27. The van der Waals surface area contributed by atoms with E-state index in [0.29, 0.717) is 6.54 Å². The molecule has 0 aromatic carbocycles. The lowest BCUT2D eigenvalue weighted by Gasteiger charge is -2.30. The fraction of sp³-hybridized carbons (Fsp3) is 0.923. The van der Waals surface area contributed by atoms with Crippen LogP contribution in [0, 0.1) is 5.41 Å². The maximum atomic E-state index is 12.0. The first kappa shape index (κ1) is 13.7. The number of aliphatic hydroxyl groups excluding tert-OH is 1. The fourth-order valence-corrected chi connectivity index (χ4v) is 2.07. The van der Waals surface area contributed by atoms with Crippen molar-refractivity contribution in [1.82, 2.24) is 4.90 Å². The number of hydrogen-bond donors (Lipinski definition) is 1. The molecule has 0 aromatic rings. The third-order valence-corrected chi connectivity index (χ3v) is 3.39. The van der Waals surface area contributed by atoms with Gasteiger partial charge in [-0.05, 0) is 19.4 Å². The second kappa shape index (κ2) is 5.78. The van der Waals surface area contributed by atoms with E-state index in [9.17, 15) is 9.90 Å². The number of ketones is 1. The molecule has 0 saturated carbocycles. The molecule has 1 aliphatic heterocycles. The zero-order valence-corrected chi connectivity index (χ0v) is 10.8. The van der Waals surface area contributed by atoms with E-state index in [1.54, 1.807) is 0 Å². The van der Waals surface area contributed by atoms with E-state index in [2.05, 4.69) is 4.90 Å². The zero-order chi connectivity index (χ0) is 12.2. The van der Waals surface area contributed by atoms with Crippen molar-refractivity contribution >= 4 is 5.78 Å². The molecule has 1 N–H and O–H groups in total. The van der Waals surface area contributed by atoms with Crippen molar-refractivity contribution in [3.63, 3.8) is 0 Å². The van der Waals surface area contributed by atoms with E-state index in [1.807, 2.05) is 20.8 Å². The van der Waals surface area contributed by atoms with E-state index in [1.165, 1.54) is 12.8 Å². The average molecular weight is 227 g/mol. The van der Waals surface area contributed by atoms with Crippen LogP contribution >= 0.6 is 0 Å². The minimum absolute atomic E-state index is 0.178. The quantitative estimate of drug-likeness (QED) is 0.800. The van der Waals surface area contributed by atoms with Crippen molar-refractivity contribution in [3.8, 4) is 0 Å². The summed E-state index contributed by atoms with van der Waals surface area (Å²) in [7, 11) is 0. The maximum absolute atomic E-state index is 12.0. The number of likely N-dealkylation sites (tertiary alicyclic amines) is 1. The van der Waals surface area contributed by atoms with Gasteiger partial charge in [-0.1, -0.05) is 33.6 Å². The Morgan fingerprint density at radius 3 is 2.56 bits per heavy atom. The first-order chi connectivity index (χ1) is 7.45. The van der Waals surface area contributed by atoms with E-state index in [0.717, 1.165) is 19.4 Å². The van der Waals surface area contributed by atoms with E-state index < -0.39 is 0 Å². The van der Waals surface area contributed by atoms with E-state index >= 15 is 0 Å². The Hall–Kier alpha value is -0.410. The third-order valence-electron chi connectivity index (χ3n) is 3.39. The van der Waals surface area contributed by atoms with Gasteiger partial charge in [0.25, 0.3) is 0 Å². The molecule has 1 rings (SSSR count). The normalized spacial score (nSPS) is 24.1. The minimum atomic E-state index is -0.272. The van der Waals surface area contributed by atoms with Gasteiger partial charge in [-0.25, -0.2) is 0 Å². The van der Waals surface area contributed by atoms with Gasteiger partial charge >= 0.3 is 0 Å². The number of aliphatic hydroxyl groups is 1. The van der Waals surface area contributed by atoms with Gasteiger partial charge in [-0.15, -0.1) is 0 Å². The SMILES string of the molecule is CC(C)(C)C(=O)CN1CCCCCC1CO. The number of hydrogen-bond acceptors (Lipinski definition) is 3.